The van der Waals surface area contributed by atoms with Gasteiger partial charge in [-0.25, -0.2) is 0 Å². The van der Waals surface area contributed by atoms with Gasteiger partial charge >= 0.3 is 0 Å². The van der Waals surface area contributed by atoms with Crippen molar-refractivity contribution < 1.29 is 4.42 Å². The highest BCUT2D eigenvalue weighted by atomic mass is 16.3. The Balaban J connectivity index is 1.23. The van der Waals surface area contributed by atoms with E-state index in [9.17, 15) is 0 Å². The second-order valence-electron chi connectivity index (χ2n) is 14.5. The normalized spacial score (nSPS) is 16.0. The Labute approximate surface area is 305 Å². The van der Waals surface area contributed by atoms with Crippen molar-refractivity contribution in [3.05, 3.63) is 191 Å². The minimum absolute atomic E-state index is 0.135. The Kier molecular flexibility index (Phi) is 7.11. The molecule has 3 heteroatoms. The molecule has 0 aliphatic heterocycles. The number of hydrogen-bond acceptors (Lipinski definition) is 3. The number of benzene rings is 7. The van der Waals surface area contributed by atoms with Gasteiger partial charge in [-0.05, 0) is 140 Å². The first-order chi connectivity index (χ1) is 25.6. The molecule has 1 heterocycles. The molecule has 0 amide bonds. The van der Waals surface area contributed by atoms with Crippen LogP contribution in [-0.2, 0) is 18.3 Å². The van der Waals surface area contributed by atoms with Crippen LogP contribution in [0.4, 0.5) is 34.1 Å². The van der Waals surface area contributed by atoms with Gasteiger partial charge in [0.15, 0.2) is 0 Å². The fourth-order valence-electron chi connectivity index (χ4n) is 9.56. The molecule has 2 aliphatic rings. The lowest BCUT2D eigenvalue weighted by molar-refractivity contribution is 0.508. The van der Waals surface area contributed by atoms with E-state index in [0.717, 1.165) is 42.5 Å². The summed E-state index contributed by atoms with van der Waals surface area (Å²) in [5, 5.41) is 2.40. The van der Waals surface area contributed by atoms with Crippen molar-refractivity contribution in [3.8, 4) is 0 Å². The average molecular weight is 673 g/mol. The first kappa shape index (κ1) is 30.7. The maximum absolute atomic E-state index is 6.43. The first-order valence-electron chi connectivity index (χ1n) is 18.5. The predicted molar refractivity (Wildman–Crippen MR) is 216 cm³/mol. The van der Waals surface area contributed by atoms with Crippen LogP contribution in [0, 0.1) is 13.8 Å². The van der Waals surface area contributed by atoms with Crippen molar-refractivity contribution >= 4 is 56.1 Å². The van der Waals surface area contributed by atoms with Crippen molar-refractivity contribution in [1.29, 1.82) is 0 Å². The number of furan rings is 1. The Hall–Kier alpha value is -6.06. The number of nitrogens with zero attached hydrogens (tertiary/aromatic N) is 2. The molecule has 0 unspecified atom stereocenters. The fraction of sp³-hybridized carbons (Fsp3) is 0.143. The number of hydrogen-bond donors (Lipinski definition) is 0. The van der Waals surface area contributed by atoms with Crippen molar-refractivity contribution in [2.75, 3.05) is 9.80 Å². The zero-order valence-corrected chi connectivity index (χ0v) is 29.6. The average Bonchev–Trinajstić information content (AvgIpc) is 3.89. The summed E-state index contributed by atoms with van der Waals surface area (Å²) < 4.78 is 6.43. The van der Waals surface area contributed by atoms with E-state index < -0.39 is 0 Å². The maximum atomic E-state index is 6.43. The van der Waals surface area contributed by atoms with Gasteiger partial charge in [-0.15, -0.1) is 0 Å². The summed E-state index contributed by atoms with van der Waals surface area (Å²) in [7, 11) is 0. The lowest BCUT2D eigenvalue weighted by atomic mass is 9.74. The quantitative estimate of drug-likeness (QED) is 0.175. The van der Waals surface area contributed by atoms with Crippen LogP contribution >= 0.6 is 0 Å². The number of aryl methyl sites for hydroxylation is 4. The summed E-state index contributed by atoms with van der Waals surface area (Å²) in [5.41, 5.74) is 17.3. The zero-order valence-electron chi connectivity index (χ0n) is 29.6. The van der Waals surface area contributed by atoms with E-state index in [1.165, 1.54) is 72.6 Å². The van der Waals surface area contributed by atoms with Gasteiger partial charge in [0.25, 0.3) is 0 Å². The van der Waals surface area contributed by atoms with E-state index in [0.29, 0.717) is 0 Å². The molecule has 0 N–H and O–H groups in total. The molecule has 7 aromatic carbocycles. The van der Waals surface area contributed by atoms with E-state index in [2.05, 4.69) is 181 Å². The summed E-state index contributed by atoms with van der Waals surface area (Å²) in [6.45, 7) is 4.46. The minimum atomic E-state index is -0.135. The van der Waals surface area contributed by atoms with E-state index in [-0.39, 0.29) is 5.41 Å². The molecule has 3 nitrogen and oxygen atoms in total. The largest absolute Gasteiger partial charge is 0.456 e. The Morgan fingerprint density at radius 3 is 1.52 bits per heavy atom. The van der Waals surface area contributed by atoms with Crippen LogP contribution in [0.5, 0.6) is 0 Å². The number of fused-ring (bicyclic) bond motifs is 7. The molecular formula is C49H40N2O. The highest BCUT2D eigenvalue weighted by Crippen LogP contribution is 2.60. The molecule has 0 bridgehead atoms. The summed E-state index contributed by atoms with van der Waals surface area (Å²) in [6.07, 6.45) is 4.30. The molecule has 1 aromatic heterocycles. The van der Waals surface area contributed by atoms with Gasteiger partial charge in [0, 0.05) is 38.9 Å². The lowest BCUT2D eigenvalue weighted by Gasteiger charge is -2.37. The Morgan fingerprint density at radius 2 is 0.942 bits per heavy atom. The first-order valence-corrected chi connectivity index (χ1v) is 18.5. The van der Waals surface area contributed by atoms with Crippen LogP contribution in [0.25, 0.3) is 21.9 Å². The number of anilines is 6. The molecule has 10 rings (SSSR count). The third-order valence-corrected chi connectivity index (χ3v) is 11.7. The van der Waals surface area contributed by atoms with Crippen LogP contribution in [-0.4, -0.2) is 0 Å². The van der Waals surface area contributed by atoms with Crippen LogP contribution in [0.3, 0.4) is 0 Å². The zero-order chi connectivity index (χ0) is 34.8. The topological polar surface area (TPSA) is 19.6 Å². The van der Waals surface area contributed by atoms with E-state index >= 15 is 0 Å². The van der Waals surface area contributed by atoms with Gasteiger partial charge < -0.3 is 14.2 Å². The molecule has 1 spiro atoms. The Morgan fingerprint density at radius 1 is 0.442 bits per heavy atom. The SMILES string of the molecule is Cc1cccc2oc3ccc(N(c4ccccc4)c4cccc5c4[C@]4(CCc6cccc(N(c7ccccc7)c7ccccc7)c64)CC5)c(C)c3c12. The number of para-hydroxylation sites is 3. The minimum Gasteiger partial charge on any atom is -0.456 e. The van der Waals surface area contributed by atoms with Crippen LogP contribution in [0.1, 0.15) is 46.2 Å². The molecule has 8 aromatic rings. The molecule has 0 saturated carbocycles. The molecule has 52 heavy (non-hydrogen) atoms. The monoisotopic (exact) mass is 672 g/mol. The molecule has 0 saturated heterocycles. The third-order valence-electron chi connectivity index (χ3n) is 11.7. The highest BCUT2D eigenvalue weighted by molar-refractivity contribution is 6.10. The van der Waals surface area contributed by atoms with Crippen LogP contribution in [0.2, 0.25) is 0 Å². The van der Waals surface area contributed by atoms with Gasteiger partial charge in [0.2, 0.25) is 0 Å². The molecule has 0 radical (unpaired) electrons. The van der Waals surface area contributed by atoms with Gasteiger partial charge in [-0.2, -0.15) is 0 Å². The van der Waals surface area contributed by atoms with E-state index in [4.69, 9.17) is 4.42 Å². The Bertz CT molecular complexity index is 2560. The van der Waals surface area contributed by atoms with Crippen molar-refractivity contribution in [2.24, 2.45) is 0 Å². The highest BCUT2D eigenvalue weighted by Gasteiger charge is 2.49. The molecule has 252 valence electrons. The summed E-state index contributed by atoms with van der Waals surface area (Å²) in [5.74, 6) is 0. The standard InChI is InChI=1S/C49H40N2O/c1-33-15-12-26-43-45(33)46-34(2)40(27-28-44(46)52-43)51(39-22-10-5-11-23-39)42-25-14-17-36-30-32-49(48(36)42)31-29-35-16-13-24-41(47(35)49)50(37-18-6-3-7-19-37)38-20-8-4-9-21-38/h3-28H,29-32H2,1-2H3/t49-/m1/s1. The second-order valence-corrected chi connectivity index (χ2v) is 14.5. The fourth-order valence-corrected chi connectivity index (χ4v) is 9.56. The molecule has 0 fully saturated rings. The molecular weight excluding hydrogens is 633 g/mol. The van der Waals surface area contributed by atoms with Gasteiger partial charge in [-0.1, -0.05) is 91.0 Å². The van der Waals surface area contributed by atoms with Gasteiger partial charge in [-0.3, -0.25) is 0 Å². The third kappa shape index (κ3) is 4.58. The van der Waals surface area contributed by atoms with Gasteiger partial charge in [0.05, 0.1) is 11.4 Å². The van der Waals surface area contributed by atoms with Crippen LogP contribution < -0.4 is 9.80 Å². The maximum Gasteiger partial charge on any atom is 0.135 e. The van der Waals surface area contributed by atoms with E-state index in [1.54, 1.807) is 0 Å². The molecule has 2 aliphatic carbocycles. The van der Waals surface area contributed by atoms with Crippen molar-refractivity contribution in [2.45, 2.75) is 44.9 Å². The lowest BCUT2D eigenvalue weighted by Crippen LogP contribution is -2.27. The second kappa shape index (κ2) is 12.0. The summed E-state index contributed by atoms with van der Waals surface area (Å²) >= 11 is 0. The summed E-state index contributed by atoms with van der Waals surface area (Å²) in [6, 6.07) is 57.5. The van der Waals surface area contributed by atoms with Crippen LogP contribution in [0.15, 0.2) is 162 Å². The smallest absolute Gasteiger partial charge is 0.135 e. The van der Waals surface area contributed by atoms with E-state index in [1.807, 2.05) is 0 Å². The predicted octanol–water partition coefficient (Wildman–Crippen LogP) is 13.3. The number of rotatable bonds is 6. The van der Waals surface area contributed by atoms with Crippen molar-refractivity contribution in [1.82, 2.24) is 0 Å². The van der Waals surface area contributed by atoms with Gasteiger partial charge in [0.1, 0.15) is 11.2 Å². The molecule has 1 atom stereocenters. The van der Waals surface area contributed by atoms with Crippen molar-refractivity contribution in [3.63, 3.8) is 0 Å². The summed E-state index contributed by atoms with van der Waals surface area (Å²) in [4.78, 5) is 5.01.